The Morgan fingerprint density at radius 1 is 1.55 bits per heavy atom. The molecule has 1 aromatic heterocycles. The molecule has 1 aliphatic carbocycles. The Kier molecular flexibility index (Phi) is 4.08. The molecule has 7 heteroatoms. The number of hydrogen-bond acceptors (Lipinski definition) is 6. The summed E-state index contributed by atoms with van der Waals surface area (Å²) in [6.45, 7) is 2.50. The maximum absolute atomic E-state index is 10.8. The lowest BCUT2D eigenvalue weighted by atomic mass is 9.79. The molecule has 0 atom stereocenters. The molecule has 0 spiro atoms. The molecule has 1 aromatic rings. The van der Waals surface area contributed by atoms with Gasteiger partial charge in [0.05, 0.1) is 22.7 Å². The van der Waals surface area contributed by atoms with Gasteiger partial charge in [0.15, 0.2) is 0 Å². The quantitative estimate of drug-likeness (QED) is 0.573. The number of nitrogens with zero attached hydrogens (tertiary/aromatic N) is 2. The van der Waals surface area contributed by atoms with Gasteiger partial charge < -0.3 is 16.2 Å². The van der Waals surface area contributed by atoms with Crippen molar-refractivity contribution in [3.63, 3.8) is 0 Å². The summed E-state index contributed by atoms with van der Waals surface area (Å²) in [4.78, 5) is 14.2. The summed E-state index contributed by atoms with van der Waals surface area (Å²) in [6.07, 6.45) is 3.43. The number of nitro groups is 1. The fourth-order valence-corrected chi connectivity index (χ4v) is 2.46. The third-order valence-electron chi connectivity index (χ3n) is 3.84. The first kappa shape index (κ1) is 14.5. The average molecular weight is 280 g/mol. The van der Waals surface area contributed by atoms with Crippen LogP contribution in [-0.4, -0.2) is 27.2 Å². The molecular formula is C13H20N4O3. The van der Waals surface area contributed by atoms with Gasteiger partial charge in [-0.15, -0.1) is 0 Å². The molecule has 7 nitrogen and oxygen atoms in total. The first-order chi connectivity index (χ1) is 9.38. The Bertz CT molecular complexity index is 498. The SMILES string of the molecule is CC1CCC(O)(CNc2cc([N+](=O)[O-])cc(N)n2)CC1. The molecule has 0 amide bonds. The van der Waals surface area contributed by atoms with Crippen molar-refractivity contribution < 1.29 is 10.0 Å². The molecule has 0 bridgehead atoms. The highest BCUT2D eigenvalue weighted by Gasteiger charge is 2.31. The zero-order valence-corrected chi connectivity index (χ0v) is 11.5. The lowest BCUT2D eigenvalue weighted by molar-refractivity contribution is -0.384. The lowest BCUT2D eigenvalue weighted by Crippen LogP contribution is -2.40. The summed E-state index contributed by atoms with van der Waals surface area (Å²) in [5, 5.41) is 24.2. The van der Waals surface area contributed by atoms with Gasteiger partial charge in [-0.05, 0) is 31.6 Å². The van der Waals surface area contributed by atoms with Crippen LogP contribution in [0.2, 0.25) is 0 Å². The van der Waals surface area contributed by atoms with Crippen LogP contribution in [0.15, 0.2) is 12.1 Å². The molecule has 0 saturated heterocycles. The molecule has 1 aliphatic rings. The van der Waals surface area contributed by atoms with Crippen molar-refractivity contribution in [2.45, 2.75) is 38.2 Å². The van der Waals surface area contributed by atoms with Gasteiger partial charge in [0.1, 0.15) is 11.6 Å². The van der Waals surface area contributed by atoms with Gasteiger partial charge in [-0.25, -0.2) is 4.98 Å². The molecule has 0 unspecified atom stereocenters. The molecule has 0 aliphatic heterocycles. The largest absolute Gasteiger partial charge is 0.388 e. The first-order valence-corrected chi connectivity index (χ1v) is 6.76. The second-order valence-corrected chi connectivity index (χ2v) is 5.65. The van der Waals surface area contributed by atoms with Gasteiger partial charge in [0, 0.05) is 6.54 Å². The summed E-state index contributed by atoms with van der Waals surface area (Å²) >= 11 is 0. The summed E-state index contributed by atoms with van der Waals surface area (Å²) in [5.41, 5.74) is 4.66. The van der Waals surface area contributed by atoms with Crippen LogP contribution in [-0.2, 0) is 0 Å². The molecule has 2 rings (SSSR count). The number of aromatic nitrogens is 1. The van der Waals surface area contributed by atoms with Crippen LogP contribution in [0.5, 0.6) is 0 Å². The smallest absolute Gasteiger partial charge is 0.276 e. The molecular weight excluding hydrogens is 260 g/mol. The molecule has 1 heterocycles. The summed E-state index contributed by atoms with van der Waals surface area (Å²) in [6, 6.07) is 2.54. The minimum absolute atomic E-state index is 0.0888. The van der Waals surface area contributed by atoms with Crippen LogP contribution in [0.1, 0.15) is 32.6 Å². The number of nitrogens with one attached hydrogen (secondary N) is 1. The molecule has 20 heavy (non-hydrogen) atoms. The van der Waals surface area contributed by atoms with E-state index in [4.69, 9.17) is 5.73 Å². The van der Waals surface area contributed by atoms with E-state index in [1.807, 2.05) is 0 Å². The van der Waals surface area contributed by atoms with Gasteiger partial charge in [-0.1, -0.05) is 6.92 Å². The van der Waals surface area contributed by atoms with Gasteiger partial charge in [-0.3, -0.25) is 10.1 Å². The van der Waals surface area contributed by atoms with Crippen molar-refractivity contribution in [2.24, 2.45) is 5.92 Å². The van der Waals surface area contributed by atoms with E-state index in [0.29, 0.717) is 18.3 Å². The second-order valence-electron chi connectivity index (χ2n) is 5.65. The Hall–Kier alpha value is -1.89. The predicted molar refractivity (Wildman–Crippen MR) is 76.4 cm³/mol. The monoisotopic (exact) mass is 280 g/mol. The number of aliphatic hydroxyl groups is 1. The van der Waals surface area contributed by atoms with E-state index in [0.717, 1.165) is 25.7 Å². The van der Waals surface area contributed by atoms with E-state index in [1.165, 1.54) is 12.1 Å². The van der Waals surface area contributed by atoms with Crippen LogP contribution >= 0.6 is 0 Å². The normalized spacial score (nSPS) is 26.2. The van der Waals surface area contributed by atoms with Crippen LogP contribution in [0.3, 0.4) is 0 Å². The summed E-state index contributed by atoms with van der Waals surface area (Å²) < 4.78 is 0. The fourth-order valence-electron chi connectivity index (χ4n) is 2.46. The number of hydrogen-bond donors (Lipinski definition) is 3. The van der Waals surface area contributed by atoms with Crippen molar-refractivity contribution in [1.82, 2.24) is 4.98 Å². The van der Waals surface area contributed by atoms with Crippen molar-refractivity contribution in [2.75, 3.05) is 17.6 Å². The van der Waals surface area contributed by atoms with Gasteiger partial charge in [0.2, 0.25) is 0 Å². The zero-order valence-electron chi connectivity index (χ0n) is 11.5. The average Bonchev–Trinajstić information content (AvgIpc) is 2.40. The van der Waals surface area contributed by atoms with Gasteiger partial charge >= 0.3 is 0 Å². The van der Waals surface area contributed by atoms with Crippen molar-refractivity contribution >= 4 is 17.3 Å². The predicted octanol–water partition coefficient (Wildman–Crippen LogP) is 1.93. The molecule has 1 saturated carbocycles. The first-order valence-electron chi connectivity index (χ1n) is 6.76. The standard InChI is InChI=1S/C13H20N4O3/c1-9-2-4-13(18,5-3-9)8-15-12-7-10(17(19)20)6-11(14)16-12/h6-7,9,18H,2-5,8H2,1H3,(H3,14,15,16). The highest BCUT2D eigenvalue weighted by atomic mass is 16.6. The van der Waals surface area contributed by atoms with E-state index in [1.54, 1.807) is 0 Å². The van der Waals surface area contributed by atoms with E-state index < -0.39 is 10.5 Å². The number of anilines is 2. The summed E-state index contributed by atoms with van der Waals surface area (Å²) in [7, 11) is 0. The van der Waals surface area contributed by atoms with Gasteiger partial charge in [-0.2, -0.15) is 0 Å². The van der Waals surface area contributed by atoms with E-state index >= 15 is 0 Å². The third kappa shape index (κ3) is 3.57. The zero-order chi connectivity index (χ0) is 14.8. The molecule has 110 valence electrons. The topological polar surface area (TPSA) is 114 Å². The highest BCUT2D eigenvalue weighted by molar-refractivity contribution is 5.52. The van der Waals surface area contributed by atoms with Crippen LogP contribution in [0, 0.1) is 16.0 Å². The number of nitrogen functional groups attached to an aromatic ring is 1. The summed E-state index contributed by atoms with van der Waals surface area (Å²) in [5.74, 6) is 1.05. The van der Waals surface area contributed by atoms with Crippen molar-refractivity contribution in [3.05, 3.63) is 22.2 Å². The Morgan fingerprint density at radius 3 is 2.80 bits per heavy atom. The molecule has 4 N–H and O–H groups in total. The third-order valence-corrected chi connectivity index (χ3v) is 3.84. The van der Waals surface area contributed by atoms with Crippen LogP contribution in [0.4, 0.5) is 17.3 Å². The minimum atomic E-state index is -0.770. The van der Waals surface area contributed by atoms with E-state index in [-0.39, 0.29) is 11.5 Å². The number of nitrogens with two attached hydrogens (primary N) is 1. The second kappa shape index (κ2) is 5.62. The molecule has 1 fully saturated rings. The number of rotatable bonds is 4. The van der Waals surface area contributed by atoms with Crippen LogP contribution < -0.4 is 11.1 Å². The van der Waals surface area contributed by atoms with Crippen LogP contribution in [0.25, 0.3) is 0 Å². The maximum Gasteiger partial charge on any atom is 0.276 e. The Labute approximate surface area is 117 Å². The molecule has 0 radical (unpaired) electrons. The maximum atomic E-state index is 10.8. The van der Waals surface area contributed by atoms with Crippen molar-refractivity contribution in [1.29, 1.82) is 0 Å². The Morgan fingerprint density at radius 2 is 2.20 bits per heavy atom. The number of pyridine rings is 1. The van der Waals surface area contributed by atoms with Crippen molar-refractivity contribution in [3.8, 4) is 0 Å². The fraction of sp³-hybridized carbons (Fsp3) is 0.615. The molecule has 0 aromatic carbocycles. The van der Waals surface area contributed by atoms with E-state index in [9.17, 15) is 15.2 Å². The Balaban J connectivity index is 2.02. The minimum Gasteiger partial charge on any atom is -0.388 e. The van der Waals surface area contributed by atoms with E-state index in [2.05, 4.69) is 17.2 Å². The highest BCUT2D eigenvalue weighted by Crippen LogP contribution is 2.32. The van der Waals surface area contributed by atoms with Gasteiger partial charge in [0.25, 0.3) is 5.69 Å². The lowest BCUT2D eigenvalue weighted by Gasteiger charge is -2.35.